The third-order valence-corrected chi connectivity index (χ3v) is 2.01. The lowest BCUT2D eigenvalue weighted by Gasteiger charge is -2.02. The van der Waals surface area contributed by atoms with Crippen molar-refractivity contribution >= 4 is 35.0 Å². The highest BCUT2D eigenvalue weighted by atomic mass is 35.5. The van der Waals surface area contributed by atoms with Crippen molar-refractivity contribution in [1.82, 2.24) is 4.98 Å². The first kappa shape index (κ1) is 12.8. The van der Waals surface area contributed by atoms with E-state index < -0.39 is 5.97 Å². The molecule has 0 aromatic carbocycles. The van der Waals surface area contributed by atoms with Crippen LogP contribution in [0.4, 0.5) is 5.82 Å². The Morgan fingerprint density at radius 2 is 2.38 bits per heavy atom. The predicted octanol–water partition coefficient (Wildman–Crippen LogP) is 2.79. The van der Waals surface area contributed by atoms with Crippen molar-refractivity contribution < 1.29 is 9.53 Å². The number of carbonyl (C=O) groups excluding carboxylic acids is 1. The molecule has 6 heteroatoms. The maximum absolute atomic E-state index is 11.1. The van der Waals surface area contributed by atoms with Crippen molar-refractivity contribution in [3.05, 3.63) is 34.6 Å². The highest BCUT2D eigenvalue weighted by molar-refractivity contribution is 6.41. The van der Waals surface area contributed by atoms with Gasteiger partial charge in [0.1, 0.15) is 16.0 Å². The van der Waals surface area contributed by atoms with Crippen LogP contribution in [0.3, 0.4) is 0 Å². The van der Waals surface area contributed by atoms with Crippen molar-refractivity contribution in [3.63, 3.8) is 0 Å². The molecule has 86 valence electrons. The number of nitrogens with zero attached hydrogens (tertiary/aromatic N) is 1. The van der Waals surface area contributed by atoms with Crippen LogP contribution in [0.1, 0.15) is 6.92 Å². The van der Waals surface area contributed by atoms with E-state index in [-0.39, 0.29) is 11.6 Å². The molecule has 0 saturated heterocycles. The Balaban J connectivity index is 2.62. The van der Waals surface area contributed by atoms with Crippen LogP contribution in [-0.4, -0.2) is 17.6 Å². The van der Waals surface area contributed by atoms with Crippen LogP contribution in [-0.2, 0) is 9.53 Å². The standard InChI is InChI=1S/C10H10Cl2N2O2/c1-2-16-10(15)7(11)6-13-9-5-3-4-8(12)14-9/h3-6H,2H2,1H3,(H,13,14)/b7-6-. The summed E-state index contributed by atoms with van der Waals surface area (Å²) in [5, 5.41) is 3.03. The summed E-state index contributed by atoms with van der Waals surface area (Å²) in [6.07, 6.45) is 1.30. The normalized spacial score (nSPS) is 11.1. The van der Waals surface area contributed by atoms with Crippen molar-refractivity contribution in [3.8, 4) is 0 Å². The predicted molar refractivity (Wildman–Crippen MR) is 63.4 cm³/mol. The molecule has 0 spiro atoms. The second-order valence-corrected chi connectivity index (χ2v) is 3.50. The molecule has 0 radical (unpaired) electrons. The van der Waals surface area contributed by atoms with Gasteiger partial charge in [0.05, 0.1) is 6.61 Å². The largest absolute Gasteiger partial charge is 0.462 e. The first-order valence-electron chi connectivity index (χ1n) is 4.55. The fourth-order valence-corrected chi connectivity index (χ4v) is 1.16. The first-order valence-corrected chi connectivity index (χ1v) is 5.31. The zero-order valence-electron chi connectivity index (χ0n) is 8.54. The molecule has 0 aliphatic carbocycles. The number of pyridine rings is 1. The smallest absolute Gasteiger partial charge is 0.351 e. The zero-order chi connectivity index (χ0) is 12.0. The molecule has 1 aromatic rings. The fraction of sp³-hybridized carbons (Fsp3) is 0.200. The Labute approximate surface area is 103 Å². The van der Waals surface area contributed by atoms with E-state index in [9.17, 15) is 4.79 Å². The van der Waals surface area contributed by atoms with E-state index in [1.54, 1.807) is 25.1 Å². The summed E-state index contributed by atoms with van der Waals surface area (Å²) in [6, 6.07) is 5.06. The minimum absolute atomic E-state index is 0.0522. The van der Waals surface area contributed by atoms with Crippen LogP contribution in [0, 0.1) is 0 Å². The molecule has 0 amide bonds. The number of ether oxygens (including phenoxy) is 1. The van der Waals surface area contributed by atoms with E-state index in [1.165, 1.54) is 6.20 Å². The van der Waals surface area contributed by atoms with E-state index in [1.807, 2.05) is 0 Å². The average molecular weight is 261 g/mol. The average Bonchev–Trinajstić information content (AvgIpc) is 2.26. The summed E-state index contributed by atoms with van der Waals surface area (Å²) < 4.78 is 4.69. The topological polar surface area (TPSA) is 51.2 Å². The Morgan fingerprint density at radius 3 is 3.00 bits per heavy atom. The summed E-state index contributed by atoms with van der Waals surface area (Å²) >= 11 is 11.3. The molecule has 0 saturated carbocycles. The van der Waals surface area contributed by atoms with Gasteiger partial charge in [-0.2, -0.15) is 0 Å². The fourth-order valence-electron chi connectivity index (χ4n) is 0.885. The lowest BCUT2D eigenvalue weighted by molar-refractivity contribution is -0.137. The molecule has 0 unspecified atom stereocenters. The van der Waals surface area contributed by atoms with Gasteiger partial charge in [0.15, 0.2) is 0 Å². The van der Waals surface area contributed by atoms with E-state index in [0.29, 0.717) is 11.0 Å². The Morgan fingerprint density at radius 1 is 1.62 bits per heavy atom. The maximum atomic E-state index is 11.1. The zero-order valence-corrected chi connectivity index (χ0v) is 10.0. The number of carbonyl (C=O) groups is 1. The van der Waals surface area contributed by atoms with Gasteiger partial charge in [-0.1, -0.05) is 29.3 Å². The van der Waals surface area contributed by atoms with Crippen molar-refractivity contribution in [2.45, 2.75) is 6.92 Å². The summed E-state index contributed by atoms with van der Waals surface area (Å²) in [5.74, 6) is -0.0892. The Hall–Kier alpha value is -1.26. The van der Waals surface area contributed by atoms with E-state index >= 15 is 0 Å². The summed E-state index contributed by atoms with van der Waals surface area (Å²) in [6.45, 7) is 1.98. The summed E-state index contributed by atoms with van der Waals surface area (Å²) in [5.41, 5.74) is 0. The number of halogens is 2. The van der Waals surface area contributed by atoms with E-state index in [0.717, 1.165) is 0 Å². The molecule has 4 nitrogen and oxygen atoms in total. The number of hydrogen-bond donors (Lipinski definition) is 1. The van der Waals surface area contributed by atoms with Crippen LogP contribution in [0.25, 0.3) is 0 Å². The molecule has 1 heterocycles. The van der Waals surface area contributed by atoms with Gasteiger partial charge >= 0.3 is 5.97 Å². The first-order chi connectivity index (χ1) is 7.63. The molecule has 1 N–H and O–H groups in total. The second-order valence-electron chi connectivity index (χ2n) is 2.70. The molecule has 1 rings (SSSR count). The van der Waals surface area contributed by atoms with Crippen LogP contribution in [0.5, 0.6) is 0 Å². The molecule has 1 aromatic heterocycles. The number of nitrogens with one attached hydrogen (secondary N) is 1. The highest BCUT2D eigenvalue weighted by Gasteiger charge is 2.06. The minimum atomic E-state index is -0.585. The van der Waals surface area contributed by atoms with Crippen molar-refractivity contribution in [2.24, 2.45) is 0 Å². The quantitative estimate of drug-likeness (QED) is 0.514. The van der Waals surface area contributed by atoms with Crippen LogP contribution >= 0.6 is 23.2 Å². The van der Waals surface area contributed by atoms with Crippen molar-refractivity contribution in [1.29, 1.82) is 0 Å². The lowest BCUT2D eigenvalue weighted by atomic mass is 10.4. The van der Waals surface area contributed by atoms with Crippen LogP contribution in [0.2, 0.25) is 5.15 Å². The molecule has 0 aliphatic heterocycles. The van der Waals surface area contributed by atoms with Crippen LogP contribution < -0.4 is 5.32 Å². The van der Waals surface area contributed by atoms with E-state index in [2.05, 4.69) is 10.3 Å². The molecule has 0 fully saturated rings. The third kappa shape index (κ3) is 4.08. The van der Waals surface area contributed by atoms with Gasteiger partial charge in [0.25, 0.3) is 0 Å². The summed E-state index contributed by atoms with van der Waals surface area (Å²) in [4.78, 5) is 15.1. The monoisotopic (exact) mass is 260 g/mol. The summed E-state index contributed by atoms with van der Waals surface area (Å²) in [7, 11) is 0. The lowest BCUT2D eigenvalue weighted by Crippen LogP contribution is -2.05. The molecular weight excluding hydrogens is 251 g/mol. The van der Waals surface area contributed by atoms with Crippen molar-refractivity contribution in [2.75, 3.05) is 11.9 Å². The van der Waals surface area contributed by atoms with Gasteiger partial charge in [-0.3, -0.25) is 0 Å². The van der Waals surface area contributed by atoms with Gasteiger partial charge in [-0.05, 0) is 19.1 Å². The number of hydrogen-bond acceptors (Lipinski definition) is 4. The Kier molecular flexibility index (Phi) is 5.08. The van der Waals surface area contributed by atoms with E-state index in [4.69, 9.17) is 27.9 Å². The van der Waals surface area contributed by atoms with Gasteiger partial charge in [0.2, 0.25) is 0 Å². The number of esters is 1. The van der Waals surface area contributed by atoms with Crippen LogP contribution in [0.15, 0.2) is 29.4 Å². The second kappa shape index (κ2) is 6.35. The molecule has 0 atom stereocenters. The molecule has 16 heavy (non-hydrogen) atoms. The number of anilines is 1. The Bertz CT molecular complexity index is 408. The third-order valence-electron chi connectivity index (χ3n) is 1.53. The number of aromatic nitrogens is 1. The molecular formula is C10H10Cl2N2O2. The maximum Gasteiger partial charge on any atom is 0.351 e. The van der Waals surface area contributed by atoms with Gasteiger partial charge in [-0.15, -0.1) is 0 Å². The molecule has 0 bridgehead atoms. The number of rotatable bonds is 4. The van der Waals surface area contributed by atoms with Gasteiger partial charge < -0.3 is 10.1 Å². The minimum Gasteiger partial charge on any atom is -0.462 e. The SMILES string of the molecule is CCOC(=O)/C(Cl)=C/Nc1cccc(Cl)n1. The highest BCUT2D eigenvalue weighted by Crippen LogP contribution is 2.11. The van der Waals surface area contributed by atoms with Gasteiger partial charge in [-0.25, -0.2) is 9.78 Å². The molecule has 0 aliphatic rings. The van der Waals surface area contributed by atoms with Gasteiger partial charge in [0, 0.05) is 6.20 Å².